The van der Waals surface area contributed by atoms with Crippen LogP contribution in [0.5, 0.6) is 11.5 Å². The highest BCUT2D eigenvalue weighted by Gasteiger charge is 2.02. The van der Waals surface area contributed by atoms with Crippen LogP contribution in [0.2, 0.25) is 0 Å². The number of anilines is 1. The fraction of sp³-hybridized carbons (Fsp3) is 0.231. The van der Waals surface area contributed by atoms with Gasteiger partial charge in [-0.15, -0.1) is 11.3 Å². The topological polar surface area (TPSA) is 55.7 Å². The van der Waals surface area contributed by atoms with E-state index < -0.39 is 0 Å². The van der Waals surface area contributed by atoms with Crippen LogP contribution >= 0.6 is 11.3 Å². The smallest absolute Gasteiger partial charge is 0.203 e. The molecule has 0 unspecified atom stereocenters. The molecule has 2 rings (SSSR count). The molecule has 1 aromatic carbocycles. The van der Waals surface area contributed by atoms with E-state index in [1.54, 1.807) is 20.4 Å². The molecule has 0 spiro atoms. The van der Waals surface area contributed by atoms with Crippen LogP contribution < -0.4 is 14.9 Å². The van der Waals surface area contributed by atoms with E-state index in [9.17, 15) is 0 Å². The number of hydrazone groups is 1. The minimum Gasteiger partial charge on any atom is -0.497 e. The summed E-state index contributed by atoms with van der Waals surface area (Å²) < 4.78 is 10.4. The number of benzene rings is 1. The van der Waals surface area contributed by atoms with Crippen LogP contribution in [0.1, 0.15) is 11.3 Å². The lowest BCUT2D eigenvalue weighted by Gasteiger charge is -2.06. The Kier molecular flexibility index (Phi) is 4.35. The van der Waals surface area contributed by atoms with Crippen molar-refractivity contribution < 1.29 is 9.47 Å². The van der Waals surface area contributed by atoms with Crippen molar-refractivity contribution >= 4 is 22.7 Å². The van der Waals surface area contributed by atoms with E-state index in [-0.39, 0.29) is 0 Å². The van der Waals surface area contributed by atoms with Crippen molar-refractivity contribution in [1.82, 2.24) is 4.98 Å². The third-order valence-corrected chi connectivity index (χ3v) is 3.29. The van der Waals surface area contributed by atoms with Gasteiger partial charge in [0.1, 0.15) is 11.5 Å². The molecule has 1 N–H and O–H groups in total. The fourth-order valence-corrected chi connectivity index (χ4v) is 2.12. The molecule has 2 aromatic rings. The monoisotopic (exact) mass is 277 g/mol. The molecule has 6 heteroatoms. The molecule has 1 aromatic heterocycles. The van der Waals surface area contributed by atoms with Crippen molar-refractivity contribution in [3.05, 3.63) is 34.8 Å². The highest BCUT2D eigenvalue weighted by molar-refractivity contribution is 7.13. The highest BCUT2D eigenvalue weighted by Crippen LogP contribution is 2.23. The average Bonchev–Trinajstić information content (AvgIpc) is 2.84. The summed E-state index contributed by atoms with van der Waals surface area (Å²) in [4.78, 5) is 4.25. The number of nitrogens with one attached hydrogen (secondary N) is 1. The molecule has 0 bridgehead atoms. The van der Waals surface area contributed by atoms with E-state index in [0.717, 1.165) is 22.1 Å². The molecule has 0 aliphatic heterocycles. The van der Waals surface area contributed by atoms with Gasteiger partial charge in [0, 0.05) is 17.0 Å². The lowest BCUT2D eigenvalue weighted by Crippen LogP contribution is -1.95. The largest absolute Gasteiger partial charge is 0.497 e. The highest BCUT2D eigenvalue weighted by atomic mass is 32.1. The van der Waals surface area contributed by atoms with Crippen molar-refractivity contribution in [3.8, 4) is 11.5 Å². The Morgan fingerprint density at radius 3 is 2.79 bits per heavy atom. The van der Waals surface area contributed by atoms with E-state index >= 15 is 0 Å². The zero-order valence-corrected chi connectivity index (χ0v) is 11.8. The number of hydrogen-bond acceptors (Lipinski definition) is 6. The summed E-state index contributed by atoms with van der Waals surface area (Å²) in [6.07, 6.45) is 1.69. The summed E-state index contributed by atoms with van der Waals surface area (Å²) >= 11 is 1.51. The van der Waals surface area contributed by atoms with Crippen molar-refractivity contribution in [1.29, 1.82) is 0 Å². The number of hydrogen-bond donors (Lipinski definition) is 1. The van der Waals surface area contributed by atoms with E-state index in [4.69, 9.17) is 9.47 Å². The summed E-state index contributed by atoms with van der Waals surface area (Å²) in [6.45, 7) is 1.94. The van der Waals surface area contributed by atoms with Gasteiger partial charge in [0.2, 0.25) is 5.13 Å². The molecule has 0 aliphatic carbocycles. The lowest BCUT2D eigenvalue weighted by molar-refractivity contribution is 0.394. The Labute approximate surface area is 115 Å². The zero-order chi connectivity index (χ0) is 13.7. The predicted molar refractivity (Wildman–Crippen MR) is 77.6 cm³/mol. The van der Waals surface area contributed by atoms with Gasteiger partial charge in [-0.2, -0.15) is 5.10 Å². The van der Waals surface area contributed by atoms with E-state index in [0.29, 0.717) is 5.75 Å². The summed E-state index contributed by atoms with van der Waals surface area (Å²) in [5, 5.41) is 6.87. The maximum absolute atomic E-state index is 5.28. The average molecular weight is 277 g/mol. The minimum absolute atomic E-state index is 0.709. The summed E-state index contributed by atoms with van der Waals surface area (Å²) in [7, 11) is 3.23. The van der Waals surface area contributed by atoms with Gasteiger partial charge in [0.15, 0.2) is 0 Å². The molecule has 0 amide bonds. The molecule has 0 atom stereocenters. The van der Waals surface area contributed by atoms with Gasteiger partial charge in [0.05, 0.1) is 26.1 Å². The second-order valence-corrected chi connectivity index (χ2v) is 4.63. The first-order valence-electron chi connectivity index (χ1n) is 5.66. The number of nitrogens with zero attached hydrogens (tertiary/aromatic N) is 2. The summed E-state index contributed by atoms with van der Waals surface area (Å²) in [6, 6.07) is 5.56. The molecule has 0 radical (unpaired) electrons. The summed E-state index contributed by atoms with van der Waals surface area (Å²) in [5.74, 6) is 1.46. The SMILES string of the molecule is COc1ccc(/C=N/Nc2nc(C)cs2)c(OC)c1. The third-order valence-electron chi connectivity index (χ3n) is 2.42. The quantitative estimate of drug-likeness (QED) is 0.674. The number of aromatic nitrogens is 1. The van der Waals surface area contributed by atoms with Gasteiger partial charge < -0.3 is 9.47 Å². The standard InChI is InChI=1S/C13H15N3O2S/c1-9-8-19-13(15-9)16-14-7-10-4-5-11(17-2)6-12(10)18-3/h4-8H,1-3H3,(H,15,16)/b14-7+. The lowest BCUT2D eigenvalue weighted by atomic mass is 10.2. The maximum Gasteiger partial charge on any atom is 0.203 e. The molecule has 1 heterocycles. The van der Waals surface area contributed by atoms with Crippen molar-refractivity contribution in [2.75, 3.05) is 19.6 Å². The van der Waals surface area contributed by atoms with Crippen molar-refractivity contribution in [2.45, 2.75) is 6.92 Å². The normalized spacial score (nSPS) is 10.7. The minimum atomic E-state index is 0.709. The first-order valence-corrected chi connectivity index (χ1v) is 6.54. The van der Waals surface area contributed by atoms with Gasteiger partial charge in [-0.05, 0) is 19.1 Å². The Hall–Kier alpha value is -2.08. The Morgan fingerprint density at radius 1 is 1.32 bits per heavy atom. The molecule has 0 fully saturated rings. The predicted octanol–water partition coefficient (Wildman–Crippen LogP) is 2.91. The molecule has 100 valence electrons. The van der Waals surface area contributed by atoms with Crippen LogP contribution in [-0.2, 0) is 0 Å². The molecule has 0 saturated heterocycles. The number of aryl methyl sites for hydroxylation is 1. The number of rotatable bonds is 5. The van der Waals surface area contributed by atoms with Gasteiger partial charge in [-0.3, -0.25) is 5.43 Å². The van der Waals surface area contributed by atoms with Crippen LogP contribution in [0.4, 0.5) is 5.13 Å². The van der Waals surface area contributed by atoms with E-state index in [2.05, 4.69) is 15.5 Å². The Bertz CT molecular complexity index is 581. The van der Waals surface area contributed by atoms with Gasteiger partial charge in [-0.25, -0.2) is 4.98 Å². The first kappa shape index (κ1) is 13.4. The fourth-order valence-electron chi connectivity index (χ4n) is 1.49. The van der Waals surface area contributed by atoms with Crippen LogP contribution in [0.15, 0.2) is 28.7 Å². The molecular formula is C13H15N3O2S. The van der Waals surface area contributed by atoms with Gasteiger partial charge >= 0.3 is 0 Å². The molecule has 0 aliphatic rings. The molecular weight excluding hydrogens is 262 g/mol. The van der Waals surface area contributed by atoms with Crippen LogP contribution in [0, 0.1) is 6.92 Å². The first-order chi connectivity index (χ1) is 9.22. The van der Waals surface area contributed by atoms with Crippen molar-refractivity contribution in [3.63, 3.8) is 0 Å². The van der Waals surface area contributed by atoms with Crippen LogP contribution in [-0.4, -0.2) is 25.4 Å². The molecule has 19 heavy (non-hydrogen) atoms. The Morgan fingerprint density at radius 2 is 2.16 bits per heavy atom. The van der Waals surface area contributed by atoms with E-state index in [1.165, 1.54) is 11.3 Å². The number of thiazole rings is 1. The molecule has 0 saturated carbocycles. The summed E-state index contributed by atoms with van der Waals surface area (Å²) in [5.41, 5.74) is 4.73. The van der Waals surface area contributed by atoms with E-state index in [1.807, 2.05) is 30.5 Å². The Balaban J connectivity index is 2.09. The van der Waals surface area contributed by atoms with Gasteiger partial charge in [0.25, 0.3) is 0 Å². The third kappa shape index (κ3) is 3.45. The zero-order valence-electron chi connectivity index (χ0n) is 11.0. The van der Waals surface area contributed by atoms with Crippen LogP contribution in [0.25, 0.3) is 0 Å². The number of methoxy groups -OCH3 is 2. The second-order valence-electron chi connectivity index (χ2n) is 3.77. The van der Waals surface area contributed by atoms with Crippen LogP contribution in [0.3, 0.4) is 0 Å². The maximum atomic E-state index is 5.28. The van der Waals surface area contributed by atoms with Crippen molar-refractivity contribution in [2.24, 2.45) is 5.10 Å². The number of ether oxygens (including phenoxy) is 2. The van der Waals surface area contributed by atoms with Gasteiger partial charge in [-0.1, -0.05) is 0 Å². The molecule has 5 nitrogen and oxygen atoms in total. The second kappa shape index (κ2) is 6.19.